The van der Waals surface area contributed by atoms with Gasteiger partial charge in [0.1, 0.15) is 0 Å². The Morgan fingerprint density at radius 2 is 0.577 bits per heavy atom. The van der Waals surface area contributed by atoms with E-state index < -0.39 is 0 Å². The highest BCUT2D eigenvalue weighted by atomic mass is 14.0. The second kappa shape index (κ2) is 13.4. The van der Waals surface area contributed by atoms with Gasteiger partial charge in [-0.3, -0.25) is 0 Å². The maximum absolute atomic E-state index is 2.14. The molecule has 0 saturated heterocycles. The first-order valence-corrected chi connectivity index (χ1v) is 9.46. The zero-order valence-electron chi connectivity index (χ0n) is 16.4. The largest absolute Gasteiger partial charge is 0.0683 e. The fourth-order valence-electron chi connectivity index (χ4n) is 2.23. The van der Waals surface area contributed by atoms with Crippen molar-refractivity contribution in [2.45, 2.75) is 27.7 Å². The third-order valence-corrected chi connectivity index (χ3v) is 3.47. The molecule has 3 aromatic rings. The minimum absolute atomic E-state index is 1.21. The van der Waals surface area contributed by atoms with E-state index in [1.54, 1.807) is 0 Å². The Morgan fingerprint density at radius 1 is 0.346 bits per heavy atom. The van der Waals surface area contributed by atoms with Gasteiger partial charge in [0, 0.05) is 0 Å². The Morgan fingerprint density at radius 3 is 0.846 bits per heavy atom. The van der Waals surface area contributed by atoms with Crippen molar-refractivity contribution in [2.24, 2.45) is 0 Å². The summed E-state index contributed by atoms with van der Waals surface area (Å²) in [6, 6.07) is 29.3. The van der Waals surface area contributed by atoms with Crippen LogP contribution in [0.15, 0.2) is 84.9 Å². The molecule has 0 heteroatoms. The van der Waals surface area contributed by atoms with Crippen LogP contribution in [0.2, 0.25) is 0 Å². The first kappa shape index (κ1) is 21.2. The van der Waals surface area contributed by atoms with E-state index in [1.807, 2.05) is 39.8 Å². The first-order valence-electron chi connectivity index (χ1n) is 9.46. The van der Waals surface area contributed by atoms with Crippen molar-refractivity contribution in [2.75, 3.05) is 0 Å². The van der Waals surface area contributed by atoms with Crippen molar-refractivity contribution >= 4 is 24.3 Å². The number of hydrogen-bond acceptors (Lipinski definition) is 0. The summed E-state index contributed by atoms with van der Waals surface area (Å²) in [6.07, 6.45) is 8.55. The second-order valence-electron chi connectivity index (χ2n) is 5.15. The zero-order chi connectivity index (χ0) is 19.0. The predicted molar refractivity (Wildman–Crippen MR) is 120 cm³/mol. The Labute approximate surface area is 159 Å². The molecule has 0 aromatic heterocycles. The van der Waals surface area contributed by atoms with E-state index in [0.717, 1.165) is 0 Å². The van der Waals surface area contributed by atoms with E-state index in [9.17, 15) is 0 Å². The monoisotopic (exact) mass is 342 g/mol. The van der Waals surface area contributed by atoms with Crippen LogP contribution in [0.4, 0.5) is 0 Å². The lowest BCUT2D eigenvalue weighted by Crippen LogP contribution is -1.75. The lowest BCUT2D eigenvalue weighted by molar-refractivity contribution is 1.50. The molecule has 134 valence electrons. The smallest absolute Gasteiger partial charge is 0.0256 e. The van der Waals surface area contributed by atoms with Gasteiger partial charge < -0.3 is 0 Å². The molecular weight excluding hydrogens is 312 g/mol. The normalized spacial score (nSPS) is 10.0. The Kier molecular flexibility index (Phi) is 10.9. The lowest BCUT2D eigenvalue weighted by Gasteiger charge is -1.97. The van der Waals surface area contributed by atoms with Crippen LogP contribution in [0.25, 0.3) is 24.3 Å². The minimum atomic E-state index is 1.21. The topological polar surface area (TPSA) is 0 Å². The van der Waals surface area contributed by atoms with Gasteiger partial charge in [-0.1, -0.05) is 137 Å². The number of benzene rings is 3. The molecule has 0 aliphatic carbocycles. The molecule has 0 nitrogen and oxygen atoms in total. The van der Waals surface area contributed by atoms with Crippen molar-refractivity contribution in [3.05, 3.63) is 107 Å². The summed E-state index contributed by atoms with van der Waals surface area (Å²) in [5, 5.41) is 0. The van der Waals surface area contributed by atoms with Crippen molar-refractivity contribution < 1.29 is 0 Å². The molecule has 0 radical (unpaired) electrons. The fraction of sp³-hybridized carbons (Fsp3) is 0.154. The Hall–Kier alpha value is -2.86. The SMILES string of the molecule is C(=Cc1ccc(C=Cc2ccccc2)cc1)c1ccccc1.CC.CC. The summed E-state index contributed by atoms with van der Waals surface area (Å²) < 4.78 is 0. The number of rotatable bonds is 4. The van der Waals surface area contributed by atoms with Gasteiger partial charge in [0.15, 0.2) is 0 Å². The highest BCUT2D eigenvalue weighted by Gasteiger charge is 1.90. The molecule has 0 saturated carbocycles. The summed E-state index contributed by atoms with van der Waals surface area (Å²) in [7, 11) is 0. The van der Waals surface area contributed by atoms with E-state index in [4.69, 9.17) is 0 Å². The summed E-state index contributed by atoms with van der Waals surface area (Å²) in [5.41, 5.74) is 4.85. The molecule has 3 rings (SSSR count). The molecule has 0 unspecified atom stereocenters. The van der Waals surface area contributed by atoms with Crippen LogP contribution in [0.1, 0.15) is 49.9 Å². The molecule has 0 bridgehead atoms. The lowest BCUT2D eigenvalue weighted by atomic mass is 10.1. The summed E-state index contributed by atoms with van der Waals surface area (Å²) in [6.45, 7) is 8.00. The van der Waals surface area contributed by atoms with Gasteiger partial charge in [-0.15, -0.1) is 0 Å². The molecule has 0 amide bonds. The van der Waals surface area contributed by atoms with Crippen LogP contribution >= 0.6 is 0 Å². The summed E-state index contributed by atoms with van der Waals surface area (Å²) in [5.74, 6) is 0. The highest BCUT2D eigenvalue weighted by Crippen LogP contribution is 2.12. The van der Waals surface area contributed by atoms with Crippen molar-refractivity contribution in [3.8, 4) is 0 Å². The molecular formula is C26H30. The standard InChI is InChI=1S/C22H18.2C2H6/c1-3-7-19(8-4-1)11-13-21-15-17-22(18-16-21)14-12-20-9-5-2-6-10-20;2*1-2/h1-18H;2*1-2H3. The number of hydrogen-bond donors (Lipinski definition) is 0. The molecule has 0 N–H and O–H groups in total. The minimum Gasteiger partial charge on any atom is -0.0683 e. The van der Waals surface area contributed by atoms with Crippen LogP contribution in [-0.2, 0) is 0 Å². The average molecular weight is 343 g/mol. The van der Waals surface area contributed by atoms with E-state index >= 15 is 0 Å². The highest BCUT2D eigenvalue weighted by molar-refractivity contribution is 5.72. The van der Waals surface area contributed by atoms with Crippen LogP contribution in [0.3, 0.4) is 0 Å². The fourth-order valence-corrected chi connectivity index (χ4v) is 2.23. The Balaban J connectivity index is 0.000000791. The molecule has 0 fully saturated rings. The molecule has 26 heavy (non-hydrogen) atoms. The van der Waals surface area contributed by atoms with Crippen molar-refractivity contribution in [3.63, 3.8) is 0 Å². The molecule has 0 aliphatic heterocycles. The third kappa shape index (κ3) is 7.81. The molecule has 0 atom stereocenters. The maximum atomic E-state index is 2.14. The van der Waals surface area contributed by atoms with Crippen LogP contribution in [-0.4, -0.2) is 0 Å². The predicted octanol–water partition coefficient (Wildman–Crippen LogP) is 8.08. The van der Waals surface area contributed by atoms with Gasteiger partial charge >= 0.3 is 0 Å². The van der Waals surface area contributed by atoms with E-state index in [-0.39, 0.29) is 0 Å². The van der Waals surface area contributed by atoms with E-state index in [2.05, 4.69) is 97.1 Å². The van der Waals surface area contributed by atoms with Crippen molar-refractivity contribution in [1.82, 2.24) is 0 Å². The molecule has 0 heterocycles. The average Bonchev–Trinajstić information content (AvgIpc) is 2.76. The third-order valence-electron chi connectivity index (χ3n) is 3.47. The molecule has 0 aliphatic rings. The van der Waals surface area contributed by atoms with Gasteiger partial charge in [0.2, 0.25) is 0 Å². The second-order valence-corrected chi connectivity index (χ2v) is 5.15. The van der Waals surface area contributed by atoms with E-state index in [0.29, 0.717) is 0 Å². The van der Waals surface area contributed by atoms with Crippen LogP contribution in [0, 0.1) is 0 Å². The van der Waals surface area contributed by atoms with Gasteiger partial charge in [0.25, 0.3) is 0 Å². The summed E-state index contributed by atoms with van der Waals surface area (Å²) in [4.78, 5) is 0. The van der Waals surface area contributed by atoms with Gasteiger partial charge in [-0.25, -0.2) is 0 Å². The summed E-state index contributed by atoms with van der Waals surface area (Å²) >= 11 is 0. The van der Waals surface area contributed by atoms with Gasteiger partial charge in [-0.2, -0.15) is 0 Å². The van der Waals surface area contributed by atoms with Crippen LogP contribution < -0.4 is 0 Å². The Bertz CT molecular complexity index is 680. The first-order chi connectivity index (χ1) is 12.9. The maximum Gasteiger partial charge on any atom is -0.0256 e. The molecule has 3 aromatic carbocycles. The van der Waals surface area contributed by atoms with Gasteiger partial charge in [0.05, 0.1) is 0 Å². The molecule has 0 spiro atoms. The van der Waals surface area contributed by atoms with Gasteiger partial charge in [-0.05, 0) is 22.3 Å². The quantitative estimate of drug-likeness (QED) is 0.420. The van der Waals surface area contributed by atoms with Crippen LogP contribution in [0.5, 0.6) is 0 Å². The zero-order valence-corrected chi connectivity index (χ0v) is 16.4. The van der Waals surface area contributed by atoms with E-state index in [1.165, 1.54) is 22.3 Å². The van der Waals surface area contributed by atoms with Crippen molar-refractivity contribution in [1.29, 1.82) is 0 Å².